The topological polar surface area (TPSA) is 67.2 Å². The number of hydrogen-bond donors (Lipinski definition) is 2. The third-order valence-electron chi connectivity index (χ3n) is 4.84. The van der Waals surface area contributed by atoms with Crippen molar-refractivity contribution in [2.75, 3.05) is 0 Å². The zero-order chi connectivity index (χ0) is 18.3. The smallest absolute Gasteiger partial charge is 0.255 e. The van der Waals surface area contributed by atoms with E-state index in [1.807, 2.05) is 55.5 Å². The van der Waals surface area contributed by atoms with Crippen molar-refractivity contribution in [2.45, 2.75) is 25.5 Å². The Morgan fingerprint density at radius 3 is 2.69 bits per heavy atom. The summed E-state index contributed by atoms with van der Waals surface area (Å²) in [5.74, 6) is -0.220. The maximum absolute atomic E-state index is 12.7. The minimum atomic E-state index is -0.683. The van der Waals surface area contributed by atoms with Gasteiger partial charge in [0.05, 0.1) is 35.3 Å². The quantitative estimate of drug-likeness (QED) is 0.694. The van der Waals surface area contributed by atoms with Crippen molar-refractivity contribution in [1.29, 1.82) is 0 Å². The van der Waals surface area contributed by atoms with Gasteiger partial charge in [0.15, 0.2) is 0 Å². The second-order valence-electron chi connectivity index (χ2n) is 6.46. The lowest BCUT2D eigenvalue weighted by Gasteiger charge is -2.17. The van der Waals surface area contributed by atoms with Gasteiger partial charge in [-0.3, -0.25) is 4.79 Å². The van der Waals surface area contributed by atoms with Crippen LogP contribution in [-0.4, -0.2) is 26.8 Å². The van der Waals surface area contributed by atoms with Crippen LogP contribution in [0.2, 0.25) is 0 Å². The van der Waals surface area contributed by atoms with Gasteiger partial charge in [-0.05, 0) is 48.7 Å². The Morgan fingerprint density at radius 1 is 1.23 bits per heavy atom. The van der Waals surface area contributed by atoms with Crippen molar-refractivity contribution in [3.05, 3.63) is 81.6 Å². The molecule has 0 bridgehead atoms. The van der Waals surface area contributed by atoms with Crippen LogP contribution in [-0.2, 0) is 6.42 Å². The molecule has 5 nitrogen and oxygen atoms in total. The molecule has 0 saturated carbocycles. The molecule has 0 unspecified atom stereocenters. The second kappa shape index (κ2) is 6.70. The molecular weight excluding hydrogens is 394 g/mol. The Morgan fingerprint density at radius 2 is 1.96 bits per heavy atom. The first kappa shape index (κ1) is 17.0. The van der Waals surface area contributed by atoms with E-state index in [0.717, 1.165) is 27.0 Å². The third kappa shape index (κ3) is 2.95. The van der Waals surface area contributed by atoms with E-state index in [4.69, 9.17) is 0 Å². The van der Waals surface area contributed by atoms with E-state index in [1.165, 1.54) is 0 Å². The highest BCUT2D eigenvalue weighted by Crippen LogP contribution is 2.31. The average molecular weight is 412 g/mol. The molecule has 4 rings (SSSR count). The molecule has 2 atom stereocenters. The highest BCUT2D eigenvalue weighted by atomic mass is 79.9. The summed E-state index contributed by atoms with van der Waals surface area (Å²) in [6.45, 7) is 1.86. The zero-order valence-corrected chi connectivity index (χ0v) is 15.8. The minimum Gasteiger partial charge on any atom is -0.386 e. The summed E-state index contributed by atoms with van der Waals surface area (Å²) in [5, 5.41) is 17.8. The maximum atomic E-state index is 12.7. The van der Waals surface area contributed by atoms with Crippen LogP contribution in [0.3, 0.4) is 0 Å². The van der Waals surface area contributed by atoms with E-state index >= 15 is 0 Å². The molecule has 2 aromatic carbocycles. The van der Waals surface area contributed by atoms with Crippen LogP contribution in [0.25, 0.3) is 5.69 Å². The van der Waals surface area contributed by atoms with Crippen molar-refractivity contribution in [1.82, 2.24) is 15.1 Å². The fraction of sp³-hybridized carbons (Fsp3) is 0.200. The van der Waals surface area contributed by atoms with Gasteiger partial charge in [-0.1, -0.05) is 40.2 Å². The van der Waals surface area contributed by atoms with Crippen molar-refractivity contribution in [3.8, 4) is 5.69 Å². The van der Waals surface area contributed by atoms with Gasteiger partial charge in [0.2, 0.25) is 0 Å². The number of carbonyl (C=O) groups excluding carboxylic acids is 1. The molecule has 1 heterocycles. The number of aliphatic hydroxyl groups excluding tert-OH is 1. The second-order valence-corrected chi connectivity index (χ2v) is 7.38. The summed E-state index contributed by atoms with van der Waals surface area (Å²) in [6, 6.07) is 15.2. The fourth-order valence-electron chi connectivity index (χ4n) is 3.43. The molecule has 2 N–H and O–H groups in total. The van der Waals surface area contributed by atoms with Crippen molar-refractivity contribution in [2.24, 2.45) is 0 Å². The Hall–Kier alpha value is -2.44. The highest BCUT2D eigenvalue weighted by Gasteiger charge is 2.32. The summed E-state index contributed by atoms with van der Waals surface area (Å²) >= 11 is 3.41. The standard InChI is InChI=1S/C20H18BrN3O2/c1-12-17(11-22-24(12)15-8-6-14(21)7-9-15)20(26)23-18-10-13-4-2-3-5-16(13)19(18)25/h2-9,11,18-19,25H,10H2,1H3,(H,23,26)/t18-,19+/m0/s1. The molecule has 0 aliphatic heterocycles. The molecule has 1 aliphatic rings. The summed E-state index contributed by atoms with van der Waals surface area (Å²) in [4.78, 5) is 12.7. The first-order valence-corrected chi connectivity index (χ1v) is 9.21. The molecule has 0 spiro atoms. The molecule has 1 aromatic heterocycles. The number of fused-ring (bicyclic) bond motifs is 1. The van der Waals surface area contributed by atoms with E-state index in [1.54, 1.807) is 10.9 Å². The Balaban J connectivity index is 1.54. The number of amides is 1. The number of carbonyl (C=O) groups is 1. The number of hydrogen-bond acceptors (Lipinski definition) is 3. The molecule has 26 heavy (non-hydrogen) atoms. The lowest BCUT2D eigenvalue weighted by molar-refractivity contribution is 0.0858. The highest BCUT2D eigenvalue weighted by molar-refractivity contribution is 9.10. The van der Waals surface area contributed by atoms with Gasteiger partial charge in [0.1, 0.15) is 0 Å². The fourth-order valence-corrected chi connectivity index (χ4v) is 3.69. The monoisotopic (exact) mass is 411 g/mol. The third-order valence-corrected chi connectivity index (χ3v) is 5.37. The van der Waals surface area contributed by atoms with Crippen LogP contribution in [0.5, 0.6) is 0 Å². The summed E-state index contributed by atoms with van der Waals surface area (Å²) in [5.41, 5.74) is 4.12. The molecule has 0 fully saturated rings. The van der Waals surface area contributed by atoms with Gasteiger partial charge >= 0.3 is 0 Å². The molecule has 132 valence electrons. The SMILES string of the molecule is Cc1c(C(=O)N[C@H]2Cc3ccccc3[C@H]2O)cnn1-c1ccc(Br)cc1. The summed E-state index contributed by atoms with van der Waals surface area (Å²) < 4.78 is 2.72. The van der Waals surface area contributed by atoms with Gasteiger partial charge in [-0.2, -0.15) is 5.10 Å². The number of aromatic nitrogens is 2. The summed E-state index contributed by atoms with van der Waals surface area (Å²) in [7, 11) is 0. The van der Waals surface area contributed by atoms with E-state index in [9.17, 15) is 9.90 Å². The number of nitrogens with zero attached hydrogens (tertiary/aromatic N) is 2. The zero-order valence-electron chi connectivity index (χ0n) is 14.2. The van der Waals surface area contributed by atoms with Crippen LogP contribution in [0.15, 0.2) is 59.2 Å². The van der Waals surface area contributed by atoms with Crippen LogP contribution in [0.1, 0.15) is 33.3 Å². The first-order valence-electron chi connectivity index (χ1n) is 8.42. The van der Waals surface area contributed by atoms with E-state index in [2.05, 4.69) is 26.3 Å². The molecular formula is C20H18BrN3O2. The van der Waals surface area contributed by atoms with Gasteiger partial charge in [-0.25, -0.2) is 4.68 Å². The number of aliphatic hydroxyl groups is 1. The van der Waals surface area contributed by atoms with E-state index < -0.39 is 6.10 Å². The van der Waals surface area contributed by atoms with Crippen molar-refractivity contribution < 1.29 is 9.90 Å². The van der Waals surface area contributed by atoms with Crippen molar-refractivity contribution >= 4 is 21.8 Å². The van der Waals surface area contributed by atoms with Crippen LogP contribution < -0.4 is 5.32 Å². The lowest BCUT2D eigenvalue weighted by atomic mass is 10.1. The Kier molecular flexibility index (Phi) is 4.38. The van der Waals surface area contributed by atoms with Gasteiger partial charge < -0.3 is 10.4 Å². The normalized spacial score (nSPS) is 18.6. The Bertz CT molecular complexity index is 965. The van der Waals surface area contributed by atoms with Crippen LogP contribution in [0.4, 0.5) is 0 Å². The maximum Gasteiger partial charge on any atom is 0.255 e. The Labute approximate surface area is 159 Å². The molecule has 3 aromatic rings. The van der Waals surface area contributed by atoms with Crippen LogP contribution in [0, 0.1) is 6.92 Å². The van der Waals surface area contributed by atoms with E-state index in [-0.39, 0.29) is 11.9 Å². The van der Waals surface area contributed by atoms with Gasteiger partial charge in [-0.15, -0.1) is 0 Å². The number of halogens is 1. The van der Waals surface area contributed by atoms with Crippen LogP contribution >= 0.6 is 15.9 Å². The molecule has 1 amide bonds. The largest absolute Gasteiger partial charge is 0.386 e. The first-order chi connectivity index (χ1) is 12.5. The minimum absolute atomic E-state index is 0.220. The van der Waals surface area contributed by atoms with Gasteiger partial charge in [0.25, 0.3) is 5.91 Å². The number of nitrogens with one attached hydrogen (secondary N) is 1. The lowest BCUT2D eigenvalue weighted by Crippen LogP contribution is -2.38. The number of rotatable bonds is 3. The average Bonchev–Trinajstić information content (AvgIpc) is 3.17. The predicted molar refractivity (Wildman–Crippen MR) is 102 cm³/mol. The molecule has 0 radical (unpaired) electrons. The number of benzene rings is 2. The van der Waals surface area contributed by atoms with Crippen molar-refractivity contribution in [3.63, 3.8) is 0 Å². The molecule has 0 saturated heterocycles. The predicted octanol–water partition coefficient (Wildman–Crippen LogP) is 3.33. The summed E-state index contributed by atoms with van der Waals surface area (Å²) in [6.07, 6.45) is 1.52. The van der Waals surface area contributed by atoms with Gasteiger partial charge in [0, 0.05) is 4.47 Å². The van der Waals surface area contributed by atoms with E-state index in [0.29, 0.717) is 12.0 Å². The molecule has 1 aliphatic carbocycles. The molecule has 6 heteroatoms.